The third-order valence-electron chi connectivity index (χ3n) is 5.29. The standard InChI is InChI=1S/C24H48NO8P/c1-3-4-5-6-7-8-9-10-11-12-13-14-15-16-17-24(27)30-20-23(33-22(2)26)21-32-34(28,29)31-19-18-25/h23H,3-21,25H2,1-2H3,(H,28,29)/t23-/m1/s1. The maximum atomic E-state index is 11.9. The van der Waals surface area contributed by atoms with Crippen LogP contribution in [-0.2, 0) is 32.7 Å². The van der Waals surface area contributed by atoms with Gasteiger partial charge in [-0.3, -0.25) is 18.6 Å². The normalized spacial score (nSPS) is 13.9. The lowest BCUT2D eigenvalue weighted by molar-refractivity contribution is -0.159. The van der Waals surface area contributed by atoms with Crippen LogP contribution < -0.4 is 5.73 Å². The Hall–Kier alpha value is -0.990. The van der Waals surface area contributed by atoms with Gasteiger partial charge in [0.1, 0.15) is 6.61 Å². The summed E-state index contributed by atoms with van der Waals surface area (Å²) in [6.07, 6.45) is 16.6. The third-order valence-corrected chi connectivity index (χ3v) is 6.28. The van der Waals surface area contributed by atoms with E-state index in [1.165, 1.54) is 77.6 Å². The van der Waals surface area contributed by atoms with Crippen LogP contribution in [0.1, 0.15) is 110 Å². The molecule has 3 N–H and O–H groups in total. The molecule has 0 bridgehead atoms. The third kappa shape index (κ3) is 22.8. The summed E-state index contributed by atoms with van der Waals surface area (Å²) in [5.74, 6) is -1.02. The van der Waals surface area contributed by atoms with E-state index >= 15 is 0 Å². The van der Waals surface area contributed by atoms with Gasteiger partial charge >= 0.3 is 19.8 Å². The monoisotopic (exact) mass is 509 g/mol. The fourth-order valence-corrected chi connectivity index (χ4v) is 4.22. The Morgan fingerprint density at radius 3 is 1.79 bits per heavy atom. The predicted octanol–water partition coefficient (Wildman–Crippen LogP) is 5.43. The fraction of sp³-hybridized carbons (Fsp3) is 0.917. The van der Waals surface area contributed by atoms with Gasteiger partial charge in [0, 0.05) is 19.9 Å². The van der Waals surface area contributed by atoms with Crippen LogP contribution in [-0.4, -0.2) is 49.3 Å². The van der Waals surface area contributed by atoms with Crippen LogP contribution in [0.25, 0.3) is 0 Å². The first-order valence-electron chi connectivity index (χ1n) is 13.0. The number of phosphoric acid groups is 1. The number of nitrogens with two attached hydrogens (primary N) is 1. The molecule has 9 nitrogen and oxygen atoms in total. The Morgan fingerprint density at radius 2 is 1.32 bits per heavy atom. The zero-order valence-electron chi connectivity index (χ0n) is 21.3. The molecule has 202 valence electrons. The predicted molar refractivity (Wildman–Crippen MR) is 132 cm³/mol. The van der Waals surface area contributed by atoms with Gasteiger partial charge in [0.15, 0.2) is 6.10 Å². The molecular weight excluding hydrogens is 461 g/mol. The van der Waals surface area contributed by atoms with Gasteiger partial charge in [-0.05, 0) is 6.42 Å². The van der Waals surface area contributed by atoms with Gasteiger partial charge in [0.25, 0.3) is 0 Å². The molecule has 0 radical (unpaired) electrons. The van der Waals surface area contributed by atoms with Crippen LogP contribution in [0.4, 0.5) is 0 Å². The number of carbonyl (C=O) groups excluding carboxylic acids is 2. The first-order valence-corrected chi connectivity index (χ1v) is 14.4. The fourth-order valence-electron chi connectivity index (χ4n) is 3.46. The average molecular weight is 510 g/mol. The second-order valence-electron chi connectivity index (χ2n) is 8.65. The van der Waals surface area contributed by atoms with Crippen LogP contribution in [0.3, 0.4) is 0 Å². The van der Waals surface area contributed by atoms with E-state index in [1.807, 2.05) is 0 Å². The minimum absolute atomic E-state index is 0.0537. The molecule has 1 unspecified atom stereocenters. The number of phosphoric ester groups is 1. The lowest BCUT2D eigenvalue weighted by Crippen LogP contribution is -2.28. The summed E-state index contributed by atoms with van der Waals surface area (Å²) >= 11 is 0. The minimum Gasteiger partial charge on any atom is -0.462 e. The number of carbonyl (C=O) groups is 2. The molecule has 0 aliphatic heterocycles. The van der Waals surface area contributed by atoms with Crippen LogP contribution in [0.5, 0.6) is 0 Å². The zero-order chi connectivity index (χ0) is 25.5. The summed E-state index contributed by atoms with van der Waals surface area (Å²) in [6.45, 7) is 2.64. The lowest BCUT2D eigenvalue weighted by atomic mass is 10.0. The molecule has 0 spiro atoms. The Bertz CT molecular complexity index is 561. The molecule has 10 heteroatoms. The van der Waals surface area contributed by atoms with E-state index in [0.29, 0.717) is 0 Å². The van der Waals surface area contributed by atoms with E-state index in [2.05, 4.69) is 11.4 Å². The van der Waals surface area contributed by atoms with Gasteiger partial charge in [-0.1, -0.05) is 90.4 Å². The molecular formula is C24H48NO8P. The van der Waals surface area contributed by atoms with Crippen molar-refractivity contribution in [1.29, 1.82) is 0 Å². The van der Waals surface area contributed by atoms with Crippen molar-refractivity contribution in [1.82, 2.24) is 0 Å². The molecule has 34 heavy (non-hydrogen) atoms. The Morgan fingerprint density at radius 1 is 0.824 bits per heavy atom. The summed E-state index contributed by atoms with van der Waals surface area (Å²) in [4.78, 5) is 32.7. The zero-order valence-corrected chi connectivity index (χ0v) is 22.2. The van der Waals surface area contributed by atoms with Gasteiger partial charge in [0.2, 0.25) is 0 Å². The molecule has 0 fully saturated rings. The van der Waals surface area contributed by atoms with E-state index in [9.17, 15) is 19.0 Å². The van der Waals surface area contributed by atoms with Crippen molar-refractivity contribution in [2.24, 2.45) is 5.73 Å². The summed E-state index contributed by atoms with van der Waals surface area (Å²) in [7, 11) is -4.31. The number of hydrogen-bond donors (Lipinski definition) is 2. The van der Waals surface area contributed by atoms with Gasteiger partial charge in [-0.15, -0.1) is 0 Å². The topological polar surface area (TPSA) is 134 Å². The molecule has 0 aliphatic rings. The summed E-state index contributed by atoms with van der Waals surface area (Å²) in [5.41, 5.74) is 5.21. The van der Waals surface area contributed by atoms with E-state index in [4.69, 9.17) is 19.7 Å². The Labute approximate surface area is 206 Å². The first kappa shape index (κ1) is 33.0. The molecule has 0 aromatic rings. The molecule has 2 atom stereocenters. The van der Waals surface area contributed by atoms with Gasteiger partial charge in [-0.25, -0.2) is 4.57 Å². The van der Waals surface area contributed by atoms with Crippen LogP contribution >= 0.6 is 7.82 Å². The van der Waals surface area contributed by atoms with Crippen molar-refractivity contribution in [2.75, 3.05) is 26.4 Å². The maximum absolute atomic E-state index is 11.9. The number of rotatable bonds is 24. The number of esters is 2. The highest BCUT2D eigenvalue weighted by atomic mass is 31.2. The number of unbranched alkanes of at least 4 members (excludes halogenated alkanes) is 13. The largest absolute Gasteiger partial charge is 0.472 e. The second-order valence-corrected chi connectivity index (χ2v) is 10.1. The molecule has 0 aliphatic carbocycles. The molecule has 0 aromatic carbocycles. The van der Waals surface area contributed by atoms with Crippen molar-refractivity contribution in [3.8, 4) is 0 Å². The average Bonchev–Trinajstić information content (AvgIpc) is 2.79. The van der Waals surface area contributed by atoms with Crippen molar-refractivity contribution in [3.05, 3.63) is 0 Å². The lowest BCUT2D eigenvalue weighted by Gasteiger charge is -2.19. The molecule has 0 aromatic heterocycles. The molecule has 0 rings (SSSR count). The maximum Gasteiger partial charge on any atom is 0.472 e. The van der Waals surface area contributed by atoms with E-state index in [1.54, 1.807) is 0 Å². The van der Waals surface area contributed by atoms with Crippen molar-refractivity contribution in [2.45, 2.75) is 116 Å². The molecule has 0 amide bonds. The molecule has 0 saturated carbocycles. The summed E-state index contributed by atoms with van der Waals surface area (Å²) in [6, 6.07) is 0. The van der Waals surface area contributed by atoms with Crippen LogP contribution in [0.15, 0.2) is 0 Å². The Balaban J connectivity index is 3.78. The number of hydrogen-bond acceptors (Lipinski definition) is 8. The smallest absolute Gasteiger partial charge is 0.462 e. The Kier molecular flexibility index (Phi) is 21.8. The SMILES string of the molecule is CCCCCCCCCCCCCCCCC(=O)OC[C@H](COP(=O)(O)OCCN)OC(C)=O. The number of ether oxygens (including phenoxy) is 2. The summed E-state index contributed by atoms with van der Waals surface area (Å²) < 4.78 is 31.2. The highest BCUT2D eigenvalue weighted by Gasteiger charge is 2.25. The van der Waals surface area contributed by atoms with E-state index < -0.39 is 32.5 Å². The minimum atomic E-state index is -4.31. The van der Waals surface area contributed by atoms with E-state index in [-0.39, 0.29) is 26.2 Å². The first-order chi connectivity index (χ1) is 16.3. The van der Waals surface area contributed by atoms with Gasteiger partial charge < -0.3 is 20.1 Å². The second kappa shape index (κ2) is 22.5. The van der Waals surface area contributed by atoms with Gasteiger partial charge in [-0.2, -0.15) is 0 Å². The van der Waals surface area contributed by atoms with Gasteiger partial charge in [0.05, 0.1) is 13.2 Å². The highest BCUT2D eigenvalue weighted by molar-refractivity contribution is 7.47. The van der Waals surface area contributed by atoms with Crippen LogP contribution in [0.2, 0.25) is 0 Å². The quantitative estimate of drug-likeness (QED) is 0.0992. The van der Waals surface area contributed by atoms with Crippen LogP contribution in [0, 0.1) is 0 Å². The van der Waals surface area contributed by atoms with E-state index in [0.717, 1.165) is 19.3 Å². The van der Waals surface area contributed by atoms with Crippen molar-refractivity contribution in [3.63, 3.8) is 0 Å². The van der Waals surface area contributed by atoms with Crippen molar-refractivity contribution < 1.29 is 37.6 Å². The molecule has 0 heterocycles. The van der Waals surface area contributed by atoms with Crippen molar-refractivity contribution >= 4 is 19.8 Å². The molecule has 0 saturated heterocycles. The highest BCUT2D eigenvalue weighted by Crippen LogP contribution is 2.43. The summed E-state index contributed by atoms with van der Waals surface area (Å²) in [5, 5.41) is 0.